The minimum Gasteiger partial charge on any atom is -0.485 e. The second kappa shape index (κ2) is 9.97. The number of hydrogen-bond donors (Lipinski definition) is 2. The molecule has 1 aromatic carbocycles. The summed E-state index contributed by atoms with van der Waals surface area (Å²) < 4.78 is 13.6. The van der Waals surface area contributed by atoms with Crippen LogP contribution in [0.2, 0.25) is 0 Å². The van der Waals surface area contributed by atoms with E-state index >= 15 is 0 Å². The lowest BCUT2D eigenvalue weighted by atomic mass is 10.2. The molecule has 0 aliphatic carbocycles. The zero-order chi connectivity index (χ0) is 20.6. The van der Waals surface area contributed by atoms with E-state index in [1.54, 1.807) is 6.08 Å². The summed E-state index contributed by atoms with van der Waals surface area (Å²) in [6.45, 7) is 6.96. The quantitative estimate of drug-likeness (QED) is 0.501. The van der Waals surface area contributed by atoms with Gasteiger partial charge >= 0.3 is 6.03 Å². The van der Waals surface area contributed by atoms with E-state index < -0.39 is 18.0 Å². The Bertz CT molecular complexity index is 885. The van der Waals surface area contributed by atoms with Gasteiger partial charge in [-0.25, -0.2) is 4.79 Å². The summed E-state index contributed by atoms with van der Waals surface area (Å²) in [7, 11) is 0. The number of carbonyl (C=O) groups excluding carboxylic acids is 2. The number of fused-ring (bicyclic) bond motifs is 1. The Morgan fingerprint density at radius 1 is 1.34 bits per heavy atom. The molecule has 0 radical (unpaired) electrons. The molecule has 29 heavy (non-hydrogen) atoms. The highest BCUT2D eigenvalue weighted by Crippen LogP contribution is 2.36. The zero-order valence-corrected chi connectivity index (χ0v) is 16.9. The highest BCUT2D eigenvalue weighted by molar-refractivity contribution is 7.99. The fourth-order valence-corrected chi connectivity index (χ4v) is 3.42. The summed E-state index contributed by atoms with van der Waals surface area (Å²) in [6.07, 6.45) is 2.08. The van der Waals surface area contributed by atoms with Crippen molar-refractivity contribution in [2.45, 2.75) is 31.1 Å². The predicted molar refractivity (Wildman–Crippen MR) is 108 cm³/mol. The molecule has 2 N–H and O–H groups in total. The Kier molecular flexibility index (Phi) is 7.12. The first kappa shape index (κ1) is 20.7. The highest BCUT2D eigenvalue weighted by Gasteiger charge is 2.28. The molecule has 0 spiro atoms. The maximum Gasteiger partial charge on any atom is 0.321 e. The van der Waals surface area contributed by atoms with Crippen molar-refractivity contribution in [1.82, 2.24) is 25.4 Å². The minimum atomic E-state index is -0.503. The SMILES string of the molecule is C=CCn1c(SCC(=O)NC(=O)NCCC)nnc1C1COc2ccccc2O1. The second-order valence-electron chi connectivity index (χ2n) is 6.20. The lowest BCUT2D eigenvalue weighted by molar-refractivity contribution is -0.117. The van der Waals surface area contributed by atoms with Gasteiger partial charge in [0.1, 0.15) is 6.61 Å². The number of rotatable bonds is 8. The summed E-state index contributed by atoms with van der Waals surface area (Å²) in [6, 6.07) is 6.92. The molecule has 1 unspecified atom stereocenters. The number of para-hydroxylation sites is 2. The van der Waals surface area contributed by atoms with Gasteiger partial charge in [0, 0.05) is 13.1 Å². The molecule has 1 atom stereocenters. The molecule has 2 aromatic rings. The average Bonchev–Trinajstić information content (AvgIpc) is 3.13. The van der Waals surface area contributed by atoms with Crippen LogP contribution in [0.3, 0.4) is 0 Å². The zero-order valence-electron chi connectivity index (χ0n) is 16.1. The molecule has 1 aromatic heterocycles. The molecule has 1 aliphatic heterocycles. The van der Waals surface area contributed by atoms with Crippen molar-refractivity contribution in [3.8, 4) is 11.5 Å². The molecule has 9 nitrogen and oxygen atoms in total. The fraction of sp³-hybridized carbons (Fsp3) is 0.368. The second-order valence-corrected chi connectivity index (χ2v) is 7.14. The third-order valence-electron chi connectivity index (χ3n) is 3.97. The van der Waals surface area contributed by atoms with Crippen LogP contribution in [-0.4, -0.2) is 45.6 Å². The van der Waals surface area contributed by atoms with Crippen molar-refractivity contribution in [3.05, 3.63) is 42.7 Å². The third-order valence-corrected chi connectivity index (χ3v) is 4.94. The first-order valence-electron chi connectivity index (χ1n) is 9.25. The van der Waals surface area contributed by atoms with Crippen LogP contribution >= 0.6 is 11.8 Å². The van der Waals surface area contributed by atoms with E-state index in [0.29, 0.717) is 42.2 Å². The summed E-state index contributed by atoms with van der Waals surface area (Å²) in [5, 5.41) is 13.8. The van der Waals surface area contributed by atoms with E-state index in [9.17, 15) is 9.59 Å². The van der Waals surface area contributed by atoms with Crippen LogP contribution in [0.1, 0.15) is 25.3 Å². The molecule has 0 saturated heterocycles. The Labute approximate surface area is 172 Å². The number of aromatic nitrogens is 3. The van der Waals surface area contributed by atoms with Gasteiger partial charge in [0.25, 0.3) is 0 Å². The molecule has 154 valence electrons. The number of allylic oxidation sites excluding steroid dienone is 1. The van der Waals surface area contributed by atoms with E-state index in [1.165, 1.54) is 11.8 Å². The maximum absolute atomic E-state index is 12.0. The number of carbonyl (C=O) groups is 2. The smallest absolute Gasteiger partial charge is 0.321 e. The molecule has 0 bridgehead atoms. The molecule has 10 heteroatoms. The fourth-order valence-electron chi connectivity index (χ4n) is 2.67. The summed E-state index contributed by atoms with van der Waals surface area (Å²) in [5.74, 6) is 1.53. The van der Waals surface area contributed by atoms with Crippen molar-refractivity contribution >= 4 is 23.7 Å². The van der Waals surface area contributed by atoms with Crippen molar-refractivity contribution in [3.63, 3.8) is 0 Å². The predicted octanol–water partition coefficient (Wildman–Crippen LogP) is 2.30. The van der Waals surface area contributed by atoms with Gasteiger partial charge in [0.05, 0.1) is 5.75 Å². The average molecular weight is 417 g/mol. The standard InChI is InChI=1S/C19H23N5O4S/c1-3-9-20-18(26)21-16(25)12-29-19-23-22-17(24(19)10-4-2)15-11-27-13-7-5-6-8-14(13)28-15/h4-8,15H,2-3,9-12H2,1H3,(H2,20,21,25,26). The third kappa shape index (κ3) is 5.29. The van der Waals surface area contributed by atoms with Gasteiger partial charge in [-0.15, -0.1) is 16.8 Å². The molecule has 2 heterocycles. The van der Waals surface area contributed by atoms with E-state index in [0.717, 1.165) is 6.42 Å². The van der Waals surface area contributed by atoms with Crippen LogP contribution in [0.5, 0.6) is 11.5 Å². The van der Waals surface area contributed by atoms with Crippen LogP contribution in [-0.2, 0) is 11.3 Å². The number of imide groups is 1. The van der Waals surface area contributed by atoms with Gasteiger partial charge in [-0.2, -0.15) is 0 Å². The van der Waals surface area contributed by atoms with Crippen LogP contribution < -0.4 is 20.1 Å². The topological polar surface area (TPSA) is 107 Å². The van der Waals surface area contributed by atoms with Gasteiger partial charge in [-0.05, 0) is 18.6 Å². The Balaban J connectivity index is 1.65. The van der Waals surface area contributed by atoms with E-state index in [1.807, 2.05) is 35.8 Å². The van der Waals surface area contributed by atoms with Crippen molar-refractivity contribution < 1.29 is 19.1 Å². The normalized spacial score (nSPS) is 14.9. The number of thioether (sulfide) groups is 1. The van der Waals surface area contributed by atoms with Crippen LogP contribution in [0, 0.1) is 0 Å². The first-order valence-corrected chi connectivity index (χ1v) is 10.2. The first-order chi connectivity index (χ1) is 14.1. The molecular formula is C19H23N5O4S. The van der Waals surface area contributed by atoms with Crippen LogP contribution in [0.15, 0.2) is 42.1 Å². The van der Waals surface area contributed by atoms with Crippen LogP contribution in [0.4, 0.5) is 4.79 Å². The molecule has 3 amide bonds. The number of benzene rings is 1. The van der Waals surface area contributed by atoms with Crippen LogP contribution in [0.25, 0.3) is 0 Å². The molecule has 0 saturated carbocycles. The highest BCUT2D eigenvalue weighted by atomic mass is 32.2. The maximum atomic E-state index is 12.0. The van der Waals surface area contributed by atoms with Crippen molar-refractivity contribution in [1.29, 1.82) is 0 Å². The molecular weight excluding hydrogens is 394 g/mol. The minimum absolute atomic E-state index is 0.0275. The number of amides is 3. The summed E-state index contributed by atoms with van der Waals surface area (Å²) in [5.41, 5.74) is 0. The van der Waals surface area contributed by atoms with Gasteiger partial charge in [-0.3, -0.25) is 14.7 Å². The van der Waals surface area contributed by atoms with Crippen molar-refractivity contribution in [2.24, 2.45) is 0 Å². The molecule has 1 aliphatic rings. The largest absolute Gasteiger partial charge is 0.485 e. The lowest BCUT2D eigenvalue weighted by Gasteiger charge is -2.26. The molecule has 3 rings (SSSR count). The van der Waals surface area contributed by atoms with Gasteiger partial charge in [0.15, 0.2) is 28.6 Å². The summed E-state index contributed by atoms with van der Waals surface area (Å²) in [4.78, 5) is 23.6. The van der Waals surface area contributed by atoms with Gasteiger partial charge < -0.3 is 14.8 Å². The Morgan fingerprint density at radius 2 is 2.14 bits per heavy atom. The lowest BCUT2D eigenvalue weighted by Crippen LogP contribution is -2.40. The van der Waals surface area contributed by atoms with E-state index in [2.05, 4.69) is 27.4 Å². The van der Waals surface area contributed by atoms with E-state index in [4.69, 9.17) is 9.47 Å². The number of nitrogens with zero attached hydrogens (tertiary/aromatic N) is 3. The Hall–Kier alpha value is -3.01. The molecule has 0 fully saturated rings. The summed E-state index contributed by atoms with van der Waals surface area (Å²) >= 11 is 1.18. The number of urea groups is 1. The Morgan fingerprint density at radius 3 is 2.90 bits per heavy atom. The monoisotopic (exact) mass is 417 g/mol. The van der Waals surface area contributed by atoms with Gasteiger partial charge in [0.2, 0.25) is 5.91 Å². The van der Waals surface area contributed by atoms with Crippen molar-refractivity contribution in [2.75, 3.05) is 18.9 Å². The van der Waals surface area contributed by atoms with Gasteiger partial charge in [-0.1, -0.05) is 36.9 Å². The van der Waals surface area contributed by atoms with E-state index in [-0.39, 0.29) is 5.75 Å². The number of ether oxygens (including phenoxy) is 2. The number of hydrogen-bond acceptors (Lipinski definition) is 7. The number of nitrogens with one attached hydrogen (secondary N) is 2.